The fourth-order valence-corrected chi connectivity index (χ4v) is 1.45. The van der Waals surface area contributed by atoms with E-state index < -0.39 is 0 Å². The summed E-state index contributed by atoms with van der Waals surface area (Å²) in [4.78, 5) is 0. The maximum Gasteiger partial charge on any atom is 0.120 e. The van der Waals surface area contributed by atoms with Crippen LogP contribution in [0.25, 0.3) is 0 Å². The number of hydrogen-bond donors (Lipinski definition) is 3. The topological polar surface area (TPSA) is 52.5 Å². The van der Waals surface area contributed by atoms with Crippen molar-refractivity contribution in [3.05, 3.63) is 27.8 Å². The maximum atomic E-state index is 9.52. The van der Waals surface area contributed by atoms with Crippen molar-refractivity contribution in [2.24, 2.45) is 0 Å². The molecule has 0 atom stereocenters. The van der Waals surface area contributed by atoms with Crippen LogP contribution in [0.4, 0.5) is 0 Å². The summed E-state index contributed by atoms with van der Waals surface area (Å²) in [6.07, 6.45) is 0. The van der Waals surface area contributed by atoms with Crippen LogP contribution < -0.4 is 5.48 Å². The third-order valence-electron chi connectivity index (χ3n) is 2.05. The number of halogens is 1. The lowest BCUT2D eigenvalue weighted by molar-refractivity contribution is 0.160. The van der Waals surface area contributed by atoms with Gasteiger partial charge in [-0.25, -0.2) is 5.48 Å². The molecule has 0 amide bonds. The summed E-state index contributed by atoms with van der Waals surface area (Å²) in [5.41, 5.74) is 4.24. The average molecular weight is 202 g/mol. The standard InChI is InChI=1S/C9H12ClNO2/c1-5-3-8(12)7(4-11-13)6(2)9(5)10/h3,11-13H,4H2,1-2H3. The Balaban J connectivity index is 3.26. The van der Waals surface area contributed by atoms with E-state index in [1.54, 1.807) is 6.07 Å². The summed E-state index contributed by atoms with van der Waals surface area (Å²) in [6.45, 7) is 3.82. The van der Waals surface area contributed by atoms with Crippen LogP contribution in [-0.2, 0) is 6.54 Å². The van der Waals surface area contributed by atoms with Gasteiger partial charge in [-0.05, 0) is 31.0 Å². The van der Waals surface area contributed by atoms with Gasteiger partial charge in [0.2, 0.25) is 0 Å². The molecule has 3 nitrogen and oxygen atoms in total. The van der Waals surface area contributed by atoms with Gasteiger partial charge in [-0.1, -0.05) is 11.6 Å². The SMILES string of the molecule is Cc1cc(O)c(CNO)c(C)c1Cl. The number of benzene rings is 1. The minimum Gasteiger partial charge on any atom is -0.508 e. The van der Waals surface area contributed by atoms with Gasteiger partial charge < -0.3 is 10.3 Å². The van der Waals surface area contributed by atoms with Crippen LogP contribution in [0.1, 0.15) is 16.7 Å². The molecule has 0 heterocycles. The third-order valence-corrected chi connectivity index (χ3v) is 2.63. The Labute approximate surface area is 81.9 Å². The number of aromatic hydroxyl groups is 1. The van der Waals surface area contributed by atoms with E-state index in [-0.39, 0.29) is 12.3 Å². The second kappa shape index (κ2) is 3.96. The van der Waals surface area contributed by atoms with Gasteiger partial charge in [0.25, 0.3) is 0 Å². The largest absolute Gasteiger partial charge is 0.508 e. The van der Waals surface area contributed by atoms with Gasteiger partial charge in [0.05, 0.1) is 0 Å². The summed E-state index contributed by atoms with van der Waals surface area (Å²) in [6, 6.07) is 1.59. The molecule has 0 aliphatic carbocycles. The Morgan fingerprint density at radius 2 is 2.08 bits per heavy atom. The first kappa shape index (κ1) is 10.3. The first-order valence-corrected chi connectivity index (χ1v) is 4.30. The lowest BCUT2D eigenvalue weighted by atomic mass is 10.0. The molecule has 0 radical (unpaired) electrons. The number of aryl methyl sites for hydroxylation is 1. The molecule has 0 unspecified atom stereocenters. The second-order valence-electron chi connectivity index (χ2n) is 2.97. The highest BCUT2D eigenvalue weighted by Crippen LogP contribution is 2.30. The smallest absolute Gasteiger partial charge is 0.120 e. The molecule has 1 aromatic carbocycles. The molecule has 0 aromatic heterocycles. The Morgan fingerprint density at radius 1 is 1.46 bits per heavy atom. The van der Waals surface area contributed by atoms with Crippen molar-refractivity contribution in [2.45, 2.75) is 20.4 Å². The highest BCUT2D eigenvalue weighted by molar-refractivity contribution is 6.32. The Morgan fingerprint density at radius 3 is 2.62 bits per heavy atom. The summed E-state index contributed by atoms with van der Waals surface area (Å²) in [5, 5.41) is 18.7. The van der Waals surface area contributed by atoms with E-state index >= 15 is 0 Å². The number of phenolic OH excluding ortho intramolecular Hbond substituents is 1. The molecule has 4 heteroatoms. The van der Waals surface area contributed by atoms with E-state index in [4.69, 9.17) is 16.8 Å². The number of nitrogens with one attached hydrogen (secondary N) is 1. The second-order valence-corrected chi connectivity index (χ2v) is 3.34. The van der Waals surface area contributed by atoms with Crippen molar-refractivity contribution in [3.63, 3.8) is 0 Å². The highest BCUT2D eigenvalue weighted by Gasteiger charge is 2.10. The van der Waals surface area contributed by atoms with Crippen LogP contribution in [0.2, 0.25) is 5.02 Å². The summed E-state index contributed by atoms with van der Waals surface area (Å²) < 4.78 is 0. The summed E-state index contributed by atoms with van der Waals surface area (Å²) in [7, 11) is 0. The van der Waals surface area contributed by atoms with Crippen LogP contribution in [-0.4, -0.2) is 10.3 Å². The lowest BCUT2D eigenvalue weighted by Crippen LogP contribution is -2.08. The fraction of sp³-hybridized carbons (Fsp3) is 0.333. The quantitative estimate of drug-likeness (QED) is 0.643. The predicted octanol–water partition coefficient (Wildman–Crippen LogP) is 2.14. The van der Waals surface area contributed by atoms with Crippen LogP contribution in [0, 0.1) is 13.8 Å². The van der Waals surface area contributed by atoms with E-state index in [1.165, 1.54) is 0 Å². The normalized spacial score (nSPS) is 10.5. The molecular formula is C9H12ClNO2. The molecular weight excluding hydrogens is 190 g/mol. The van der Waals surface area contributed by atoms with Gasteiger partial charge in [-0.2, -0.15) is 0 Å². The first-order valence-electron chi connectivity index (χ1n) is 3.92. The Bertz CT molecular complexity index is 326. The molecule has 0 saturated carbocycles. The van der Waals surface area contributed by atoms with Crippen LogP contribution in [0.3, 0.4) is 0 Å². The fourth-order valence-electron chi connectivity index (χ4n) is 1.28. The predicted molar refractivity (Wildman–Crippen MR) is 51.2 cm³/mol. The van der Waals surface area contributed by atoms with E-state index in [9.17, 15) is 5.11 Å². The number of hydrogen-bond acceptors (Lipinski definition) is 3. The van der Waals surface area contributed by atoms with E-state index in [2.05, 4.69) is 0 Å². The minimum atomic E-state index is 0.154. The lowest BCUT2D eigenvalue weighted by Gasteiger charge is -2.11. The van der Waals surface area contributed by atoms with Crippen molar-refractivity contribution in [1.29, 1.82) is 0 Å². The summed E-state index contributed by atoms with van der Waals surface area (Å²) in [5.74, 6) is 0.154. The maximum absolute atomic E-state index is 9.52. The van der Waals surface area contributed by atoms with Gasteiger partial charge in [0, 0.05) is 17.1 Å². The molecule has 72 valence electrons. The Hall–Kier alpha value is -0.770. The van der Waals surface area contributed by atoms with Gasteiger partial charge in [0.1, 0.15) is 5.75 Å². The van der Waals surface area contributed by atoms with E-state index in [0.29, 0.717) is 10.6 Å². The molecule has 1 rings (SSSR count). The molecule has 0 saturated heterocycles. The van der Waals surface area contributed by atoms with Gasteiger partial charge in [-0.15, -0.1) is 0 Å². The zero-order valence-electron chi connectivity index (χ0n) is 7.56. The average Bonchev–Trinajstić information content (AvgIpc) is 2.09. The van der Waals surface area contributed by atoms with E-state index in [0.717, 1.165) is 11.1 Å². The molecule has 0 fully saturated rings. The van der Waals surface area contributed by atoms with Gasteiger partial charge in [-0.3, -0.25) is 0 Å². The van der Waals surface area contributed by atoms with Crippen molar-refractivity contribution in [3.8, 4) is 5.75 Å². The highest BCUT2D eigenvalue weighted by atomic mass is 35.5. The van der Waals surface area contributed by atoms with E-state index in [1.807, 2.05) is 19.3 Å². The third kappa shape index (κ3) is 1.94. The monoisotopic (exact) mass is 201 g/mol. The van der Waals surface area contributed by atoms with Crippen LogP contribution in [0.5, 0.6) is 5.75 Å². The molecule has 13 heavy (non-hydrogen) atoms. The van der Waals surface area contributed by atoms with Crippen molar-refractivity contribution < 1.29 is 10.3 Å². The first-order chi connectivity index (χ1) is 6.07. The van der Waals surface area contributed by atoms with Crippen molar-refractivity contribution in [1.82, 2.24) is 5.48 Å². The zero-order valence-corrected chi connectivity index (χ0v) is 8.31. The molecule has 0 aliphatic rings. The van der Waals surface area contributed by atoms with Crippen molar-refractivity contribution >= 4 is 11.6 Å². The van der Waals surface area contributed by atoms with Crippen molar-refractivity contribution in [2.75, 3.05) is 0 Å². The molecule has 1 aromatic rings. The number of hydroxylamine groups is 1. The number of phenols is 1. The van der Waals surface area contributed by atoms with Gasteiger partial charge in [0.15, 0.2) is 0 Å². The molecule has 0 bridgehead atoms. The minimum absolute atomic E-state index is 0.154. The van der Waals surface area contributed by atoms with Crippen LogP contribution in [0.15, 0.2) is 6.07 Å². The van der Waals surface area contributed by atoms with Gasteiger partial charge >= 0.3 is 0 Å². The Kier molecular flexibility index (Phi) is 3.14. The molecule has 3 N–H and O–H groups in total. The zero-order chi connectivity index (χ0) is 10.0. The molecule has 0 aliphatic heterocycles. The number of rotatable bonds is 2. The summed E-state index contributed by atoms with van der Waals surface area (Å²) >= 11 is 5.97. The van der Waals surface area contributed by atoms with Crippen LogP contribution >= 0.6 is 11.6 Å². The molecule has 0 spiro atoms.